The van der Waals surface area contributed by atoms with Crippen LogP contribution in [0.4, 0.5) is 22.7 Å². The molecule has 0 aliphatic rings. The quantitative estimate of drug-likeness (QED) is 0.673. The van der Waals surface area contributed by atoms with Gasteiger partial charge in [0.2, 0.25) is 0 Å². The van der Waals surface area contributed by atoms with Gasteiger partial charge in [-0.2, -0.15) is 0 Å². The maximum absolute atomic E-state index is 10.6. The van der Waals surface area contributed by atoms with Crippen molar-refractivity contribution in [1.29, 1.82) is 0 Å². The van der Waals surface area contributed by atoms with E-state index in [9.17, 15) is 10.1 Å². The number of benzene rings is 2. The molecule has 0 atom stereocenters. The Morgan fingerprint density at radius 3 is 1.84 bits per heavy atom. The highest BCUT2D eigenvalue weighted by Gasteiger charge is 2.04. The van der Waals surface area contributed by atoms with Gasteiger partial charge in [0.05, 0.1) is 4.92 Å². The van der Waals surface area contributed by atoms with Gasteiger partial charge in [-0.15, -0.1) is 0 Å². The van der Waals surface area contributed by atoms with Gasteiger partial charge in [0.1, 0.15) is 0 Å². The van der Waals surface area contributed by atoms with Crippen LogP contribution in [-0.4, -0.2) is 19.0 Å². The van der Waals surface area contributed by atoms with E-state index in [1.807, 2.05) is 43.3 Å². The maximum Gasteiger partial charge on any atom is 0.269 e. The first-order valence-electron chi connectivity index (χ1n) is 5.85. The Morgan fingerprint density at radius 1 is 0.947 bits per heavy atom. The molecule has 0 aliphatic heterocycles. The van der Waals surface area contributed by atoms with Gasteiger partial charge in [-0.3, -0.25) is 10.1 Å². The fourth-order valence-corrected chi connectivity index (χ4v) is 1.68. The van der Waals surface area contributed by atoms with Crippen molar-refractivity contribution in [3.63, 3.8) is 0 Å². The Morgan fingerprint density at radius 2 is 1.42 bits per heavy atom. The summed E-state index contributed by atoms with van der Waals surface area (Å²) in [5.74, 6) is 0. The number of hydrogen-bond donors (Lipinski definition) is 1. The summed E-state index contributed by atoms with van der Waals surface area (Å²) in [7, 11) is 3.97. The predicted octanol–water partition coefficient (Wildman–Crippen LogP) is 3.40. The van der Waals surface area contributed by atoms with E-state index in [1.54, 1.807) is 12.1 Å². The van der Waals surface area contributed by atoms with Crippen LogP contribution in [0.1, 0.15) is 0 Å². The Bertz CT molecular complexity index is 562. The SMILES string of the molecule is CN(C)c1ccc(Nc2ccc([N+](=O)[O-])cc2)cc1. The lowest BCUT2D eigenvalue weighted by atomic mass is 10.2. The second-order valence-corrected chi connectivity index (χ2v) is 4.37. The fourth-order valence-electron chi connectivity index (χ4n) is 1.68. The van der Waals surface area contributed by atoms with Crippen LogP contribution in [0.15, 0.2) is 48.5 Å². The van der Waals surface area contributed by atoms with Crippen LogP contribution in [0.5, 0.6) is 0 Å². The van der Waals surface area contributed by atoms with Gasteiger partial charge < -0.3 is 10.2 Å². The maximum atomic E-state index is 10.6. The topological polar surface area (TPSA) is 58.4 Å². The summed E-state index contributed by atoms with van der Waals surface area (Å²) < 4.78 is 0. The minimum absolute atomic E-state index is 0.0912. The molecule has 0 amide bonds. The predicted molar refractivity (Wildman–Crippen MR) is 77.1 cm³/mol. The number of anilines is 3. The minimum Gasteiger partial charge on any atom is -0.378 e. The van der Waals surface area contributed by atoms with Crippen LogP contribution >= 0.6 is 0 Å². The Hall–Kier alpha value is -2.56. The van der Waals surface area contributed by atoms with E-state index in [1.165, 1.54) is 12.1 Å². The summed E-state index contributed by atoms with van der Waals surface area (Å²) >= 11 is 0. The highest BCUT2D eigenvalue weighted by Crippen LogP contribution is 2.21. The van der Waals surface area contributed by atoms with Crippen LogP contribution in [0, 0.1) is 10.1 Å². The van der Waals surface area contributed by atoms with E-state index in [2.05, 4.69) is 5.32 Å². The van der Waals surface area contributed by atoms with Crippen LogP contribution in [0.2, 0.25) is 0 Å². The van der Waals surface area contributed by atoms with E-state index >= 15 is 0 Å². The Balaban J connectivity index is 2.10. The average molecular weight is 257 g/mol. The number of nitrogens with one attached hydrogen (secondary N) is 1. The molecule has 2 rings (SSSR count). The van der Waals surface area contributed by atoms with Crippen molar-refractivity contribution < 1.29 is 4.92 Å². The first kappa shape index (κ1) is 12.9. The summed E-state index contributed by atoms with van der Waals surface area (Å²) in [6.45, 7) is 0. The molecule has 0 saturated carbocycles. The van der Waals surface area contributed by atoms with Crippen molar-refractivity contribution in [2.24, 2.45) is 0 Å². The minimum atomic E-state index is -0.407. The van der Waals surface area contributed by atoms with Gasteiger partial charge in [-0.1, -0.05) is 0 Å². The van der Waals surface area contributed by atoms with Crippen LogP contribution < -0.4 is 10.2 Å². The average Bonchev–Trinajstić information content (AvgIpc) is 2.40. The highest BCUT2D eigenvalue weighted by molar-refractivity contribution is 5.63. The molecule has 0 aliphatic carbocycles. The van der Waals surface area contributed by atoms with E-state index < -0.39 is 4.92 Å². The largest absolute Gasteiger partial charge is 0.378 e. The molecule has 19 heavy (non-hydrogen) atoms. The normalized spacial score (nSPS) is 10.0. The molecule has 0 heterocycles. The second-order valence-electron chi connectivity index (χ2n) is 4.37. The molecule has 98 valence electrons. The molecule has 5 heteroatoms. The van der Waals surface area contributed by atoms with E-state index in [4.69, 9.17) is 0 Å². The van der Waals surface area contributed by atoms with Crippen molar-refractivity contribution in [2.75, 3.05) is 24.3 Å². The van der Waals surface area contributed by atoms with Crippen LogP contribution in [-0.2, 0) is 0 Å². The Labute approximate surface area is 111 Å². The van der Waals surface area contributed by atoms with E-state index in [-0.39, 0.29) is 5.69 Å². The van der Waals surface area contributed by atoms with Crippen molar-refractivity contribution in [3.05, 3.63) is 58.6 Å². The van der Waals surface area contributed by atoms with Gasteiger partial charge in [0.25, 0.3) is 5.69 Å². The van der Waals surface area contributed by atoms with E-state index in [0.29, 0.717) is 0 Å². The van der Waals surface area contributed by atoms with Crippen molar-refractivity contribution in [3.8, 4) is 0 Å². The highest BCUT2D eigenvalue weighted by atomic mass is 16.6. The molecule has 0 radical (unpaired) electrons. The summed E-state index contributed by atoms with van der Waals surface area (Å²) in [6, 6.07) is 14.3. The number of nitro benzene ring substituents is 1. The van der Waals surface area contributed by atoms with Crippen molar-refractivity contribution in [1.82, 2.24) is 0 Å². The zero-order valence-corrected chi connectivity index (χ0v) is 10.8. The molecule has 5 nitrogen and oxygen atoms in total. The lowest BCUT2D eigenvalue weighted by molar-refractivity contribution is -0.384. The molecule has 0 spiro atoms. The zero-order chi connectivity index (χ0) is 13.8. The smallest absolute Gasteiger partial charge is 0.269 e. The summed E-state index contributed by atoms with van der Waals surface area (Å²) in [5.41, 5.74) is 2.98. The number of nitrogens with zero attached hydrogens (tertiary/aromatic N) is 2. The third kappa shape index (κ3) is 3.22. The van der Waals surface area contributed by atoms with Gasteiger partial charge in [-0.25, -0.2) is 0 Å². The van der Waals surface area contributed by atoms with Gasteiger partial charge >= 0.3 is 0 Å². The number of non-ortho nitro benzene ring substituents is 1. The molecule has 0 unspecified atom stereocenters. The number of hydrogen-bond acceptors (Lipinski definition) is 4. The fraction of sp³-hybridized carbons (Fsp3) is 0.143. The molecule has 2 aromatic rings. The van der Waals surface area contributed by atoms with E-state index in [0.717, 1.165) is 17.1 Å². The third-order valence-electron chi connectivity index (χ3n) is 2.75. The van der Waals surface area contributed by atoms with Crippen molar-refractivity contribution >= 4 is 22.7 Å². The van der Waals surface area contributed by atoms with Gasteiger partial charge in [0, 0.05) is 43.3 Å². The summed E-state index contributed by atoms with van der Waals surface area (Å²) in [6.07, 6.45) is 0. The first-order valence-corrected chi connectivity index (χ1v) is 5.85. The summed E-state index contributed by atoms with van der Waals surface area (Å²) in [4.78, 5) is 12.2. The lowest BCUT2D eigenvalue weighted by Crippen LogP contribution is -2.08. The molecular weight excluding hydrogens is 242 g/mol. The first-order chi connectivity index (χ1) is 9.06. The monoisotopic (exact) mass is 257 g/mol. The summed E-state index contributed by atoms with van der Waals surface area (Å²) in [5, 5.41) is 13.7. The molecule has 0 bridgehead atoms. The van der Waals surface area contributed by atoms with Crippen LogP contribution in [0.3, 0.4) is 0 Å². The molecule has 0 saturated heterocycles. The standard InChI is InChI=1S/C14H15N3O2/c1-16(2)13-7-3-11(4-8-13)15-12-5-9-14(10-6-12)17(18)19/h3-10,15H,1-2H3. The Kier molecular flexibility index (Phi) is 3.66. The second kappa shape index (κ2) is 5.39. The van der Waals surface area contributed by atoms with Crippen LogP contribution in [0.25, 0.3) is 0 Å². The van der Waals surface area contributed by atoms with Crippen molar-refractivity contribution in [2.45, 2.75) is 0 Å². The molecular formula is C14H15N3O2. The van der Waals surface area contributed by atoms with Gasteiger partial charge in [-0.05, 0) is 36.4 Å². The molecule has 0 fully saturated rings. The number of rotatable bonds is 4. The van der Waals surface area contributed by atoms with Gasteiger partial charge in [0.15, 0.2) is 0 Å². The molecule has 1 N–H and O–H groups in total. The number of nitro groups is 1. The molecule has 2 aromatic carbocycles. The lowest BCUT2D eigenvalue weighted by Gasteiger charge is -2.13. The molecule has 0 aromatic heterocycles. The zero-order valence-electron chi connectivity index (χ0n) is 10.8. The third-order valence-corrected chi connectivity index (χ3v) is 2.75.